The highest BCUT2D eigenvalue weighted by Gasteiger charge is 2.45. The maximum Gasteiger partial charge on any atom is 0.254 e. The average molecular weight is 551 g/mol. The Hall–Kier alpha value is -3.23. The molecule has 2 aliphatic rings. The summed E-state index contributed by atoms with van der Waals surface area (Å²) in [7, 11) is 5.05. The molecule has 2 amide bonds. The zero-order valence-electron chi connectivity index (χ0n) is 21.9. The molecule has 9 heteroatoms. The number of aromatic nitrogens is 2. The average Bonchev–Trinajstić information content (AvgIpc) is 3.64. The molecule has 7 nitrogen and oxygen atoms in total. The highest BCUT2D eigenvalue weighted by molar-refractivity contribution is 7.15. The fourth-order valence-corrected chi connectivity index (χ4v) is 6.58. The molecule has 0 radical (unpaired) electrons. The zero-order chi connectivity index (χ0) is 26.9. The fourth-order valence-electron chi connectivity index (χ4n) is 5.41. The Morgan fingerprint density at radius 2 is 1.84 bits per heavy atom. The molecule has 0 spiro atoms. The van der Waals surface area contributed by atoms with Crippen molar-refractivity contribution >= 4 is 40.3 Å². The van der Waals surface area contributed by atoms with Crippen LogP contribution in [0.3, 0.4) is 0 Å². The van der Waals surface area contributed by atoms with Gasteiger partial charge in [-0.15, -0.1) is 10.2 Å². The summed E-state index contributed by atoms with van der Waals surface area (Å²) in [5.41, 5.74) is 2.96. The molecule has 1 saturated carbocycles. The number of hydrogen-bond acceptors (Lipinski definition) is 6. The quantitative estimate of drug-likeness (QED) is 0.394. The molecular weight excluding hydrogens is 520 g/mol. The lowest BCUT2D eigenvalue weighted by molar-refractivity contribution is -0.137. The normalized spacial score (nSPS) is 16.7. The van der Waals surface area contributed by atoms with Crippen LogP contribution in [0, 0.1) is 0 Å². The van der Waals surface area contributed by atoms with E-state index in [0.29, 0.717) is 23.7 Å². The summed E-state index contributed by atoms with van der Waals surface area (Å²) in [6.07, 6.45) is 6.68. The summed E-state index contributed by atoms with van der Waals surface area (Å²) >= 11 is 7.89. The molecular formula is C29H31ClN4O3S. The lowest BCUT2D eigenvalue weighted by Gasteiger charge is -2.36. The van der Waals surface area contributed by atoms with Gasteiger partial charge >= 0.3 is 0 Å². The van der Waals surface area contributed by atoms with Gasteiger partial charge in [0, 0.05) is 32.7 Å². The first-order chi connectivity index (χ1) is 18.3. The number of amides is 2. The van der Waals surface area contributed by atoms with Gasteiger partial charge in [0.1, 0.15) is 15.8 Å². The largest absolute Gasteiger partial charge is 0.497 e. The number of halogens is 1. The van der Waals surface area contributed by atoms with Crippen LogP contribution in [-0.2, 0) is 10.2 Å². The molecule has 1 aliphatic carbocycles. The van der Waals surface area contributed by atoms with E-state index in [0.717, 1.165) is 64.6 Å². The molecule has 3 aromatic rings. The van der Waals surface area contributed by atoms with Gasteiger partial charge in [-0.1, -0.05) is 60.1 Å². The maximum absolute atomic E-state index is 13.9. The van der Waals surface area contributed by atoms with Gasteiger partial charge in [-0.3, -0.25) is 9.59 Å². The van der Waals surface area contributed by atoms with Crippen LogP contribution in [-0.4, -0.2) is 66.1 Å². The van der Waals surface area contributed by atoms with Crippen LogP contribution in [0.1, 0.15) is 53.0 Å². The van der Waals surface area contributed by atoms with Crippen LogP contribution in [0.4, 0.5) is 0 Å². The third-order valence-corrected chi connectivity index (χ3v) is 8.90. The minimum absolute atomic E-state index is 0.142. The molecule has 0 unspecified atom stereocenters. The van der Waals surface area contributed by atoms with Crippen LogP contribution >= 0.6 is 22.9 Å². The van der Waals surface area contributed by atoms with Gasteiger partial charge in [0.05, 0.1) is 23.1 Å². The summed E-state index contributed by atoms with van der Waals surface area (Å²) < 4.78 is 5.44. The minimum atomic E-state index is -0.477. The number of nitrogens with zero attached hydrogens (tertiary/aromatic N) is 4. The summed E-state index contributed by atoms with van der Waals surface area (Å²) in [5.74, 6) is 0.852. The number of rotatable bonds is 6. The molecule has 1 aromatic heterocycles. The second kappa shape index (κ2) is 10.9. The van der Waals surface area contributed by atoms with Crippen molar-refractivity contribution in [3.8, 4) is 16.3 Å². The van der Waals surface area contributed by atoms with Crippen LogP contribution in [0.5, 0.6) is 5.75 Å². The molecule has 2 heterocycles. The molecule has 5 rings (SSSR count). The topological polar surface area (TPSA) is 75.6 Å². The molecule has 1 aliphatic heterocycles. The van der Waals surface area contributed by atoms with E-state index in [4.69, 9.17) is 16.3 Å². The Balaban J connectivity index is 1.32. The van der Waals surface area contributed by atoms with Crippen molar-refractivity contribution < 1.29 is 14.3 Å². The summed E-state index contributed by atoms with van der Waals surface area (Å²) in [5, 5.41) is 10.8. The van der Waals surface area contributed by atoms with E-state index in [1.807, 2.05) is 29.2 Å². The lowest BCUT2D eigenvalue weighted by atomic mass is 9.77. The van der Waals surface area contributed by atoms with Crippen molar-refractivity contribution in [2.24, 2.45) is 0 Å². The van der Waals surface area contributed by atoms with Crippen molar-refractivity contribution in [2.45, 2.75) is 37.5 Å². The highest BCUT2D eigenvalue weighted by Crippen LogP contribution is 2.44. The summed E-state index contributed by atoms with van der Waals surface area (Å²) in [6.45, 7) is 1.21. The molecule has 0 N–H and O–H groups in total. The van der Waals surface area contributed by atoms with Crippen molar-refractivity contribution in [2.75, 3.05) is 34.3 Å². The molecule has 38 heavy (non-hydrogen) atoms. The van der Waals surface area contributed by atoms with Gasteiger partial charge in [0.2, 0.25) is 5.91 Å². The number of ether oxygens (including phenoxy) is 1. The first-order valence-electron chi connectivity index (χ1n) is 12.8. The van der Waals surface area contributed by atoms with Crippen LogP contribution < -0.4 is 4.74 Å². The number of carbonyl (C=O) groups is 2. The zero-order valence-corrected chi connectivity index (χ0v) is 23.4. The molecule has 198 valence electrons. The van der Waals surface area contributed by atoms with E-state index in [2.05, 4.69) is 22.3 Å². The van der Waals surface area contributed by atoms with E-state index in [-0.39, 0.29) is 11.8 Å². The SMILES string of the molecule is COc1cccc(C2(C(=O)N3CC=C(c4nnc(-c5ccc(C(=O)N(C)C)c(Cl)c5)s4)CC3)CCCC2)c1. The third-order valence-electron chi connectivity index (χ3n) is 7.54. The fraction of sp³-hybridized carbons (Fsp3) is 0.379. The van der Waals surface area contributed by atoms with E-state index in [1.54, 1.807) is 33.3 Å². The van der Waals surface area contributed by atoms with Crippen molar-refractivity contribution in [3.63, 3.8) is 0 Å². The van der Waals surface area contributed by atoms with Gasteiger partial charge in [0.25, 0.3) is 5.91 Å². The van der Waals surface area contributed by atoms with Gasteiger partial charge in [-0.25, -0.2) is 0 Å². The molecule has 0 bridgehead atoms. The van der Waals surface area contributed by atoms with Crippen LogP contribution in [0.2, 0.25) is 5.02 Å². The van der Waals surface area contributed by atoms with Crippen molar-refractivity contribution in [1.29, 1.82) is 0 Å². The van der Waals surface area contributed by atoms with Crippen LogP contribution in [0.15, 0.2) is 48.5 Å². The van der Waals surface area contributed by atoms with E-state index < -0.39 is 5.41 Å². The number of benzene rings is 2. The molecule has 0 atom stereocenters. The first kappa shape index (κ1) is 26.4. The van der Waals surface area contributed by atoms with Crippen molar-refractivity contribution in [3.05, 3.63) is 69.7 Å². The van der Waals surface area contributed by atoms with E-state index in [1.165, 1.54) is 16.2 Å². The smallest absolute Gasteiger partial charge is 0.254 e. The second-order valence-electron chi connectivity index (χ2n) is 10.1. The summed E-state index contributed by atoms with van der Waals surface area (Å²) in [6, 6.07) is 13.3. The van der Waals surface area contributed by atoms with Crippen LogP contribution in [0.25, 0.3) is 16.1 Å². The van der Waals surface area contributed by atoms with E-state index >= 15 is 0 Å². The number of methoxy groups -OCH3 is 1. The Bertz CT molecular complexity index is 1390. The third kappa shape index (κ3) is 4.95. The Morgan fingerprint density at radius 3 is 2.50 bits per heavy atom. The monoisotopic (exact) mass is 550 g/mol. The summed E-state index contributed by atoms with van der Waals surface area (Å²) in [4.78, 5) is 29.7. The number of carbonyl (C=O) groups excluding carboxylic acids is 2. The first-order valence-corrected chi connectivity index (χ1v) is 14.0. The van der Waals surface area contributed by atoms with Gasteiger partial charge in [-0.2, -0.15) is 0 Å². The molecule has 1 fully saturated rings. The second-order valence-corrected chi connectivity index (χ2v) is 11.4. The standard InChI is InChI=1S/C29H31ClN4O3S/c1-33(2)27(35)23-10-9-20(17-24(23)30)26-32-31-25(38-26)19-11-15-34(16-12-19)28(36)29(13-4-5-14-29)21-7-6-8-22(18-21)37-3/h6-11,17-18H,4-5,12-16H2,1-3H3. The maximum atomic E-state index is 13.9. The highest BCUT2D eigenvalue weighted by atomic mass is 35.5. The minimum Gasteiger partial charge on any atom is -0.497 e. The Labute approximate surface area is 232 Å². The lowest BCUT2D eigenvalue weighted by Crippen LogP contribution is -2.47. The van der Waals surface area contributed by atoms with Gasteiger partial charge in [-0.05, 0) is 54.7 Å². The number of hydrogen-bond donors (Lipinski definition) is 0. The molecule has 0 saturated heterocycles. The van der Waals surface area contributed by atoms with E-state index in [9.17, 15) is 9.59 Å². The molecule has 2 aromatic carbocycles. The van der Waals surface area contributed by atoms with Gasteiger partial charge < -0.3 is 14.5 Å². The van der Waals surface area contributed by atoms with Gasteiger partial charge in [0.15, 0.2) is 0 Å². The van der Waals surface area contributed by atoms with Crippen molar-refractivity contribution in [1.82, 2.24) is 20.0 Å². The predicted octanol–water partition coefficient (Wildman–Crippen LogP) is 5.70. The Morgan fingerprint density at radius 1 is 1.08 bits per heavy atom. The predicted molar refractivity (Wildman–Crippen MR) is 151 cm³/mol. The Kier molecular flexibility index (Phi) is 7.54.